The third-order valence-corrected chi connectivity index (χ3v) is 5.01. The summed E-state index contributed by atoms with van der Waals surface area (Å²) < 4.78 is 0. The smallest absolute Gasteiger partial charge is 0.177 e. The lowest BCUT2D eigenvalue weighted by Crippen LogP contribution is -2.43. The van der Waals surface area contributed by atoms with Gasteiger partial charge in [0.25, 0.3) is 0 Å². The van der Waals surface area contributed by atoms with Crippen molar-refractivity contribution in [2.24, 2.45) is 0 Å². The number of likely N-dealkylation sites (tertiary alicyclic amines) is 1. The number of hydrogen-bond donors (Lipinski definition) is 0. The van der Waals surface area contributed by atoms with Gasteiger partial charge in [0.2, 0.25) is 0 Å². The molecule has 0 saturated carbocycles. The van der Waals surface area contributed by atoms with Crippen LogP contribution in [0.4, 0.5) is 0 Å². The highest BCUT2D eigenvalue weighted by atomic mass is 32.1. The largest absolute Gasteiger partial charge is 0.306 e. The van der Waals surface area contributed by atoms with E-state index in [0.29, 0.717) is 12.6 Å². The molecule has 2 rings (SSSR count). The first-order valence-electron chi connectivity index (χ1n) is 6.96. The van der Waals surface area contributed by atoms with Gasteiger partial charge in [-0.2, -0.15) is 0 Å². The molecule has 0 radical (unpaired) electrons. The van der Waals surface area contributed by atoms with E-state index in [1.807, 2.05) is 13.0 Å². The Bertz CT molecular complexity index is 447. The van der Waals surface area contributed by atoms with Crippen LogP contribution in [0, 0.1) is 13.8 Å². The van der Waals surface area contributed by atoms with Gasteiger partial charge < -0.3 is 4.90 Å². The maximum absolute atomic E-state index is 12.4. The summed E-state index contributed by atoms with van der Waals surface area (Å²) in [5.74, 6) is 0.267. The Hall–Kier alpha value is -0.710. The summed E-state index contributed by atoms with van der Waals surface area (Å²) in [5, 5.41) is 0. The third-order valence-electron chi connectivity index (χ3n) is 4.05. The molecule has 1 aliphatic heterocycles. The van der Waals surface area contributed by atoms with Crippen molar-refractivity contribution in [2.45, 2.75) is 32.7 Å². The number of nitrogens with zero attached hydrogens (tertiary/aromatic N) is 2. The van der Waals surface area contributed by atoms with Gasteiger partial charge in [-0.15, -0.1) is 11.3 Å². The molecule has 0 aromatic carbocycles. The van der Waals surface area contributed by atoms with Crippen LogP contribution >= 0.6 is 11.3 Å². The van der Waals surface area contributed by atoms with E-state index in [1.165, 1.54) is 17.7 Å². The highest BCUT2D eigenvalue weighted by Crippen LogP contribution is 2.22. The van der Waals surface area contributed by atoms with Crippen LogP contribution in [-0.4, -0.2) is 55.4 Å². The lowest BCUT2D eigenvalue weighted by atomic mass is 10.0. The molecule has 1 aromatic heterocycles. The minimum Gasteiger partial charge on any atom is -0.306 e. The van der Waals surface area contributed by atoms with Crippen molar-refractivity contribution in [3.63, 3.8) is 0 Å². The molecule has 0 bridgehead atoms. The van der Waals surface area contributed by atoms with E-state index in [4.69, 9.17) is 0 Å². The van der Waals surface area contributed by atoms with Crippen LogP contribution in [0.3, 0.4) is 0 Å². The van der Waals surface area contributed by atoms with Crippen LogP contribution in [-0.2, 0) is 0 Å². The Morgan fingerprint density at radius 2 is 2.05 bits per heavy atom. The van der Waals surface area contributed by atoms with Gasteiger partial charge in [0, 0.05) is 21.4 Å². The minimum absolute atomic E-state index is 0.267. The zero-order valence-corrected chi connectivity index (χ0v) is 13.2. The fraction of sp³-hybridized carbons (Fsp3) is 0.667. The Balaban J connectivity index is 1.93. The van der Waals surface area contributed by atoms with Gasteiger partial charge in [-0.25, -0.2) is 0 Å². The van der Waals surface area contributed by atoms with Crippen molar-refractivity contribution in [1.82, 2.24) is 9.80 Å². The molecule has 1 fully saturated rings. The molecule has 19 heavy (non-hydrogen) atoms. The molecule has 0 aliphatic carbocycles. The Morgan fingerprint density at radius 1 is 1.42 bits per heavy atom. The van der Waals surface area contributed by atoms with E-state index in [0.717, 1.165) is 23.5 Å². The number of Topliss-reactive ketones (excluding diaryl/α,β-unsaturated/α-hetero) is 1. The van der Waals surface area contributed by atoms with Gasteiger partial charge >= 0.3 is 0 Å². The molecular weight excluding hydrogens is 256 g/mol. The van der Waals surface area contributed by atoms with E-state index >= 15 is 0 Å². The van der Waals surface area contributed by atoms with Gasteiger partial charge in [-0.05, 0) is 59.9 Å². The highest BCUT2D eigenvalue weighted by molar-refractivity contribution is 7.12. The van der Waals surface area contributed by atoms with Crippen molar-refractivity contribution in [3.8, 4) is 0 Å². The Labute approximate surface area is 120 Å². The van der Waals surface area contributed by atoms with Crippen molar-refractivity contribution < 1.29 is 4.79 Å². The monoisotopic (exact) mass is 280 g/mol. The normalized spacial score (nSPS) is 18.2. The van der Waals surface area contributed by atoms with Gasteiger partial charge in [-0.3, -0.25) is 9.69 Å². The molecule has 1 saturated heterocycles. The number of aryl methyl sites for hydroxylation is 2. The summed E-state index contributed by atoms with van der Waals surface area (Å²) in [7, 11) is 4.25. The van der Waals surface area contributed by atoms with Gasteiger partial charge in [-0.1, -0.05) is 0 Å². The molecule has 0 spiro atoms. The lowest BCUT2D eigenvalue weighted by molar-refractivity contribution is 0.0871. The first-order valence-corrected chi connectivity index (χ1v) is 7.78. The Morgan fingerprint density at radius 3 is 2.58 bits per heavy atom. The molecule has 3 nitrogen and oxygen atoms in total. The summed E-state index contributed by atoms with van der Waals surface area (Å²) in [5.41, 5.74) is 0.919. The molecular formula is C15H24N2OS. The molecule has 1 aliphatic rings. The topological polar surface area (TPSA) is 23.6 Å². The molecule has 0 amide bonds. The number of likely N-dealkylation sites (N-methyl/N-ethyl adjacent to an activating group) is 1. The van der Waals surface area contributed by atoms with Crippen LogP contribution < -0.4 is 0 Å². The van der Waals surface area contributed by atoms with E-state index in [9.17, 15) is 4.79 Å². The summed E-state index contributed by atoms with van der Waals surface area (Å²) >= 11 is 1.71. The summed E-state index contributed by atoms with van der Waals surface area (Å²) in [6, 6.07) is 2.59. The number of rotatable bonds is 4. The number of carbonyl (C=O) groups excluding carboxylic acids is 1. The Kier molecular flexibility index (Phi) is 4.76. The zero-order chi connectivity index (χ0) is 14.0. The predicted molar refractivity (Wildman–Crippen MR) is 81.3 cm³/mol. The number of hydrogen-bond acceptors (Lipinski definition) is 4. The second kappa shape index (κ2) is 6.16. The van der Waals surface area contributed by atoms with Crippen LogP contribution in [0.15, 0.2) is 6.07 Å². The quantitative estimate of drug-likeness (QED) is 0.792. The minimum atomic E-state index is 0.267. The fourth-order valence-electron chi connectivity index (χ4n) is 2.78. The zero-order valence-electron chi connectivity index (χ0n) is 12.4. The highest BCUT2D eigenvalue weighted by Gasteiger charge is 2.23. The number of piperidine rings is 1. The lowest BCUT2D eigenvalue weighted by Gasteiger charge is -2.34. The van der Waals surface area contributed by atoms with Crippen LogP contribution in [0.2, 0.25) is 0 Å². The second-order valence-electron chi connectivity index (χ2n) is 5.70. The van der Waals surface area contributed by atoms with Gasteiger partial charge in [0.15, 0.2) is 5.78 Å². The van der Waals surface area contributed by atoms with Crippen molar-refractivity contribution in [3.05, 3.63) is 21.4 Å². The average molecular weight is 280 g/mol. The standard InChI is InChI=1S/C15H24N2OS/c1-11-9-14(12(2)19-11)15(18)10-17(4)13-5-7-16(3)8-6-13/h9,13H,5-8,10H2,1-4H3. The molecule has 106 valence electrons. The summed E-state index contributed by atoms with van der Waals surface area (Å²) in [4.78, 5) is 19.3. The van der Waals surface area contributed by atoms with Crippen molar-refractivity contribution >= 4 is 17.1 Å². The van der Waals surface area contributed by atoms with Gasteiger partial charge in [0.1, 0.15) is 0 Å². The summed E-state index contributed by atoms with van der Waals surface area (Å²) in [6.07, 6.45) is 2.34. The first-order chi connectivity index (χ1) is 8.97. The predicted octanol–water partition coefficient (Wildman–Crippen LogP) is 2.57. The number of thiophene rings is 1. The molecule has 2 heterocycles. The fourth-order valence-corrected chi connectivity index (χ4v) is 3.73. The van der Waals surface area contributed by atoms with E-state index in [-0.39, 0.29) is 5.78 Å². The average Bonchev–Trinajstić information content (AvgIpc) is 2.69. The second-order valence-corrected chi connectivity index (χ2v) is 7.16. The SMILES string of the molecule is Cc1cc(C(=O)CN(C)C2CCN(C)CC2)c(C)s1. The third kappa shape index (κ3) is 3.65. The summed E-state index contributed by atoms with van der Waals surface area (Å²) in [6.45, 7) is 6.93. The number of ketones is 1. The van der Waals surface area contributed by atoms with Gasteiger partial charge in [0.05, 0.1) is 6.54 Å². The van der Waals surface area contributed by atoms with E-state index in [2.05, 4.69) is 30.8 Å². The molecule has 0 N–H and O–H groups in total. The maximum atomic E-state index is 12.4. The van der Waals surface area contributed by atoms with Crippen molar-refractivity contribution in [2.75, 3.05) is 33.7 Å². The molecule has 4 heteroatoms. The first kappa shape index (κ1) is 14.7. The molecule has 1 aromatic rings. The number of carbonyl (C=O) groups is 1. The van der Waals surface area contributed by atoms with E-state index in [1.54, 1.807) is 11.3 Å². The van der Waals surface area contributed by atoms with Crippen molar-refractivity contribution in [1.29, 1.82) is 0 Å². The molecule has 0 unspecified atom stereocenters. The van der Waals surface area contributed by atoms with Crippen LogP contribution in [0.1, 0.15) is 33.0 Å². The van der Waals surface area contributed by atoms with E-state index < -0.39 is 0 Å². The molecule has 0 atom stereocenters. The maximum Gasteiger partial charge on any atom is 0.177 e. The van der Waals surface area contributed by atoms with Crippen LogP contribution in [0.5, 0.6) is 0 Å². The van der Waals surface area contributed by atoms with Crippen LogP contribution in [0.25, 0.3) is 0 Å².